The molecule has 0 amide bonds. The first kappa shape index (κ1) is 13.1. The maximum atomic E-state index is 6.36. The minimum Gasteiger partial charge on any atom is -0.379 e. The third-order valence-electron chi connectivity index (χ3n) is 4.34. The number of benzene rings is 1. The molecule has 1 fully saturated rings. The Morgan fingerprint density at radius 3 is 2.89 bits per heavy atom. The molecule has 0 aromatic heterocycles. The van der Waals surface area contributed by atoms with Gasteiger partial charge in [-0.2, -0.15) is 0 Å². The standard InChI is InChI=1S/C16H24N2O/c17-16(10-15-11-19-8-7-18-15)14-6-5-12-3-1-2-4-13(12)9-14/h5-6,9,15-16,18H,1-4,7-8,10-11,17H2. The highest BCUT2D eigenvalue weighted by Gasteiger charge is 2.18. The van der Waals surface area contributed by atoms with Gasteiger partial charge in [-0.3, -0.25) is 0 Å². The van der Waals surface area contributed by atoms with Gasteiger partial charge in [0.2, 0.25) is 0 Å². The molecular formula is C16H24N2O. The van der Waals surface area contributed by atoms with Crippen molar-refractivity contribution in [3.05, 3.63) is 34.9 Å². The molecule has 0 bridgehead atoms. The SMILES string of the molecule is NC(CC1COCCN1)c1ccc2c(c1)CCCC2. The molecular weight excluding hydrogens is 236 g/mol. The van der Waals surface area contributed by atoms with Crippen LogP contribution in [0, 0.1) is 0 Å². The third-order valence-corrected chi connectivity index (χ3v) is 4.34. The van der Waals surface area contributed by atoms with Crippen molar-refractivity contribution < 1.29 is 4.74 Å². The molecule has 104 valence electrons. The molecule has 3 nitrogen and oxygen atoms in total. The van der Waals surface area contributed by atoms with Gasteiger partial charge >= 0.3 is 0 Å². The van der Waals surface area contributed by atoms with Gasteiger partial charge in [-0.25, -0.2) is 0 Å². The topological polar surface area (TPSA) is 47.3 Å². The van der Waals surface area contributed by atoms with Gasteiger partial charge < -0.3 is 15.8 Å². The summed E-state index contributed by atoms with van der Waals surface area (Å²) in [5, 5.41) is 3.48. The molecule has 1 saturated heterocycles. The molecule has 19 heavy (non-hydrogen) atoms. The Hall–Kier alpha value is -0.900. The minimum absolute atomic E-state index is 0.117. The lowest BCUT2D eigenvalue weighted by molar-refractivity contribution is 0.0720. The van der Waals surface area contributed by atoms with Crippen LogP contribution in [0.5, 0.6) is 0 Å². The molecule has 0 saturated carbocycles. The third kappa shape index (κ3) is 3.16. The van der Waals surface area contributed by atoms with Crippen LogP contribution in [0.25, 0.3) is 0 Å². The van der Waals surface area contributed by atoms with Gasteiger partial charge in [-0.15, -0.1) is 0 Å². The number of nitrogens with one attached hydrogen (secondary N) is 1. The van der Waals surface area contributed by atoms with Crippen molar-refractivity contribution in [2.75, 3.05) is 19.8 Å². The first-order valence-electron chi connectivity index (χ1n) is 7.51. The van der Waals surface area contributed by atoms with E-state index >= 15 is 0 Å². The zero-order valence-corrected chi connectivity index (χ0v) is 11.5. The molecule has 1 aromatic rings. The predicted octanol–water partition coefficient (Wildman–Crippen LogP) is 1.94. The fraction of sp³-hybridized carbons (Fsp3) is 0.625. The second-order valence-corrected chi connectivity index (χ2v) is 5.80. The van der Waals surface area contributed by atoms with Gasteiger partial charge in [0.05, 0.1) is 13.2 Å². The zero-order valence-electron chi connectivity index (χ0n) is 11.5. The highest BCUT2D eigenvalue weighted by Crippen LogP contribution is 2.25. The summed E-state index contributed by atoms with van der Waals surface area (Å²) < 4.78 is 5.49. The van der Waals surface area contributed by atoms with Crippen molar-refractivity contribution in [1.82, 2.24) is 5.32 Å². The smallest absolute Gasteiger partial charge is 0.0620 e. The number of morpholine rings is 1. The predicted molar refractivity (Wildman–Crippen MR) is 77.2 cm³/mol. The van der Waals surface area contributed by atoms with Gasteiger partial charge in [0.15, 0.2) is 0 Å². The first-order valence-corrected chi connectivity index (χ1v) is 7.51. The Labute approximate surface area is 115 Å². The van der Waals surface area contributed by atoms with Crippen molar-refractivity contribution in [3.8, 4) is 0 Å². The maximum absolute atomic E-state index is 6.36. The van der Waals surface area contributed by atoms with Gasteiger partial charge in [0.25, 0.3) is 0 Å². The maximum Gasteiger partial charge on any atom is 0.0620 e. The van der Waals surface area contributed by atoms with Gasteiger partial charge in [-0.05, 0) is 48.8 Å². The fourth-order valence-corrected chi connectivity index (χ4v) is 3.20. The lowest BCUT2D eigenvalue weighted by Crippen LogP contribution is -2.42. The second kappa shape index (κ2) is 6.04. The minimum atomic E-state index is 0.117. The molecule has 0 spiro atoms. The fourth-order valence-electron chi connectivity index (χ4n) is 3.20. The van der Waals surface area contributed by atoms with Crippen LogP contribution in [-0.2, 0) is 17.6 Å². The van der Waals surface area contributed by atoms with E-state index in [0.29, 0.717) is 6.04 Å². The van der Waals surface area contributed by atoms with E-state index < -0.39 is 0 Å². The lowest BCUT2D eigenvalue weighted by Gasteiger charge is -2.27. The monoisotopic (exact) mass is 260 g/mol. The normalized spacial score (nSPS) is 24.8. The summed E-state index contributed by atoms with van der Waals surface area (Å²) in [6.07, 6.45) is 6.08. The summed E-state index contributed by atoms with van der Waals surface area (Å²) in [4.78, 5) is 0. The summed E-state index contributed by atoms with van der Waals surface area (Å²) in [6.45, 7) is 2.56. The number of rotatable bonds is 3. The molecule has 2 aliphatic rings. The van der Waals surface area contributed by atoms with Crippen LogP contribution >= 0.6 is 0 Å². The number of fused-ring (bicyclic) bond motifs is 1. The van der Waals surface area contributed by atoms with Gasteiger partial charge in [0.1, 0.15) is 0 Å². The van der Waals surface area contributed by atoms with E-state index in [1.807, 2.05) is 0 Å². The molecule has 1 aromatic carbocycles. The molecule has 1 aliphatic heterocycles. The van der Waals surface area contributed by atoms with E-state index in [0.717, 1.165) is 26.2 Å². The van der Waals surface area contributed by atoms with Crippen LogP contribution in [-0.4, -0.2) is 25.8 Å². The molecule has 3 N–H and O–H groups in total. The molecule has 3 rings (SSSR count). The number of hydrogen-bond acceptors (Lipinski definition) is 3. The Morgan fingerprint density at radius 2 is 2.11 bits per heavy atom. The second-order valence-electron chi connectivity index (χ2n) is 5.80. The Morgan fingerprint density at radius 1 is 1.26 bits per heavy atom. The number of hydrogen-bond donors (Lipinski definition) is 2. The molecule has 1 heterocycles. The van der Waals surface area contributed by atoms with Crippen LogP contribution in [0.15, 0.2) is 18.2 Å². The van der Waals surface area contributed by atoms with E-state index in [1.54, 1.807) is 0 Å². The lowest BCUT2D eigenvalue weighted by atomic mass is 9.88. The summed E-state index contributed by atoms with van der Waals surface area (Å²) in [7, 11) is 0. The Balaban J connectivity index is 1.67. The van der Waals surface area contributed by atoms with Crippen molar-refractivity contribution in [1.29, 1.82) is 0 Å². The largest absolute Gasteiger partial charge is 0.379 e. The molecule has 1 aliphatic carbocycles. The average molecular weight is 260 g/mol. The number of ether oxygens (including phenoxy) is 1. The Bertz CT molecular complexity index is 427. The van der Waals surface area contributed by atoms with E-state index in [-0.39, 0.29) is 6.04 Å². The van der Waals surface area contributed by atoms with E-state index in [9.17, 15) is 0 Å². The van der Waals surface area contributed by atoms with Crippen LogP contribution in [0.4, 0.5) is 0 Å². The molecule has 2 atom stereocenters. The highest BCUT2D eigenvalue weighted by molar-refractivity contribution is 5.35. The van der Waals surface area contributed by atoms with Crippen LogP contribution in [0.3, 0.4) is 0 Å². The molecule has 2 unspecified atom stereocenters. The van der Waals surface area contributed by atoms with Crippen molar-refractivity contribution >= 4 is 0 Å². The summed E-state index contributed by atoms with van der Waals surface area (Å²) in [5.74, 6) is 0. The highest BCUT2D eigenvalue weighted by atomic mass is 16.5. The average Bonchev–Trinajstić information content (AvgIpc) is 2.48. The quantitative estimate of drug-likeness (QED) is 0.873. The number of aryl methyl sites for hydroxylation is 2. The van der Waals surface area contributed by atoms with Gasteiger partial charge in [0, 0.05) is 18.6 Å². The summed E-state index contributed by atoms with van der Waals surface area (Å²) in [5.41, 5.74) is 10.7. The summed E-state index contributed by atoms with van der Waals surface area (Å²) >= 11 is 0. The zero-order chi connectivity index (χ0) is 13.1. The first-order chi connectivity index (χ1) is 9.33. The van der Waals surface area contributed by atoms with E-state index in [4.69, 9.17) is 10.5 Å². The van der Waals surface area contributed by atoms with Crippen molar-refractivity contribution in [2.24, 2.45) is 5.73 Å². The molecule has 3 heteroatoms. The van der Waals surface area contributed by atoms with Gasteiger partial charge in [-0.1, -0.05) is 18.2 Å². The summed E-state index contributed by atoms with van der Waals surface area (Å²) in [6, 6.07) is 7.36. The van der Waals surface area contributed by atoms with E-state index in [1.165, 1.54) is 42.4 Å². The van der Waals surface area contributed by atoms with Crippen LogP contribution in [0.1, 0.15) is 42.0 Å². The molecule has 0 radical (unpaired) electrons. The van der Waals surface area contributed by atoms with Crippen molar-refractivity contribution in [2.45, 2.75) is 44.2 Å². The number of nitrogens with two attached hydrogens (primary N) is 1. The van der Waals surface area contributed by atoms with E-state index in [2.05, 4.69) is 23.5 Å². The van der Waals surface area contributed by atoms with Crippen LogP contribution in [0.2, 0.25) is 0 Å². The van der Waals surface area contributed by atoms with Crippen molar-refractivity contribution in [3.63, 3.8) is 0 Å². The van der Waals surface area contributed by atoms with Crippen LogP contribution < -0.4 is 11.1 Å². The Kier molecular flexibility index (Phi) is 4.16.